The second-order valence-electron chi connectivity index (χ2n) is 1.88. The third-order valence-corrected chi connectivity index (χ3v) is 2.04. The Bertz CT molecular complexity index is 126. The Balaban J connectivity index is 2.51. The van der Waals surface area contributed by atoms with Crippen molar-refractivity contribution in [1.29, 1.82) is 0 Å². The van der Waals surface area contributed by atoms with Crippen molar-refractivity contribution in [2.45, 2.75) is 12.8 Å². The Kier molecular flexibility index (Phi) is 2.28. The lowest BCUT2D eigenvalue weighted by molar-refractivity contribution is -0.134. The minimum absolute atomic E-state index is 0.236. The predicted octanol–water partition coefficient (Wildman–Crippen LogP) is 0.813. The predicted molar refractivity (Wildman–Crippen MR) is 36.0 cm³/mol. The van der Waals surface area contributed by atoms with Gasteiger partial charge in [0.25, 0.3) is 0 Å². The Morgan fingerprint density at radius 2 is 2.22 bits per heavy atom. The molecule has 0 atom stereocenters. The summed E-state index contributed by atoms with van der Waals surface area (Å²) >= 11 is 1.43. The monoisotopic (exact) mass is 143 g/mol. The third kappa shape index (κ3) is 1.82. The molecule has 1 radical (unpaired) electrons. The van der Waals surface area contributed by atoms with Crippen LogP contribution in [-0.4, -0.2) is 17.3 Å². The standard InChI is InChI=1S/C6H7O2S/c7-5-2-1-3-9-4-6(5)8/h4H,1-3H2. The molecule has 9 heavy (non-hydrogen) atoms. The normalized spacial score (nSPS) is 21.8. The van der Waals surface area contributed by atoms with E-state index in [4.69, 9.17) is 0 Å². The maximum Gasteiger partial charge on any atom is 0.212 e. The van der Waals surface area contributed by atoms with Crippen LogP contribution in [0.3, 0.4) is 0 Å². The quantitative estimate of drug-likeness (QED) is 0.471. The van der Waals surface area contributed by atoms with Crippen LogP contribution in [0.1, 0.15) is 12.8 Å². The molecule has 0 saturated carbocycles. The lowest BCUT2D eigenvalue weighted by Gasteiger charge is -1.86. The summed E-state index contributed by atoms with van der Waals surface area (Å²) in [5.41, 5.74) is 0. The highest BCUT2D eigenvalue weighted by atomic mass is 32.2. The third-order valence-electron chi connectivity index (χ3n) is 1.13. The first-order chi connectivity index (χ1) is 4.30. The molecular weight excluding hydrogens is 136 g/mol. The van der Waals surface area contributed by atoms with Crippen molar-refractivity contribution >= 4 is 23.3 Å². The van der Waals surface area contributed by atoms with Gasteiger partial charge in [-0.3, -0.25) is 9.59 Å². The second kappa shape index (κ2) is 3.01. The average molecular weight is 143 g/mol. The fourth-order valence-corrected chi connectivity index (χ4v) is 1.35. The summed E-state index contributed by atoms with van der Waals surface area (Å²) in [6.45, 7) is 0. The van der Waals surface area contributed by atoms with E-state index in [1.807, 2.05) is 0 Å². The number of hydrogen-bond acceptors (Lipinski definition) is 3. The van der Waals surface area contributed by atoms with E-state index < -0.39 is 0 Å². The molecule has 0 aliphatic carbocycles. The summed E-state index contributed by atoms with van der Waals surface area (Å²) in [5.74, 6) is 1.75. The number of hydrogen-bond donors (Lipinski definition) is 0. The summed E-state index contributed by atoms with van der Waals surface area (Å²) in [6, 6.07) is 0. The van der Waals surface area contributed by atoms with Crippen LogP contribution >= 0.6 is 11.8 Å². The van der Waals surface area contributed by atoms with E-state index in [0.717, 1.165) is 12.2 Å². The van der Waals surface area contributed by atoms with Crippen LogP contribution in [0.2, 0.25) is 0 Å². The largest absolute Gasteiger partial charge is 0.291 e. The van der Waals surface area contributed by atoms with Crippen molar-refractivity contribution in [2.24, 2.45) is 0 Å². The molecule has 49 valence electrons. The van der Waals surface area contributed by atoms with Crippen molar-refractivity contribution in [3.8, 4) is 0 Å². The van der Waals surface area contributed by atoms with Crippen LogP contribution in [-0.2, 0) is 9.59 Å². The SMILES string of the molecule is O=C1[CH]SCCCC1=O. The Labute approximate surface area is 58.0 Å². The van der Waals surface area contributed by atoms with E-state index in [2.05, 4.69) is 0 Å². The number of Topliss-reactive ketones (excluding diaryl/α,β-unsaturated/α-hetero) is 2. The average Bonchev–Trinajstić information content (AvgIpc) is 1.99. The molecular formula is C6H7O2S. The molecule has 2 nitrogen and oxygen atoms in total. The molecule has 1 fully saturated rings. The molecule has 0 aromatic rings. The molecule has 1 heterocycles. The Morgan fingerprint density at radius 3 is 3.00 bits per heavy atom. The minimum atomic E-state index is -0.322. The summed E-state index contributed by atoms with van der Waals surface area (Å²) in [6.07, 6.45) is 1.27. The Morgan fingerprint density at radius 1 is 1.44 bits per heavy atom. The van der Waals surface area contributed by atoms with Crippen LogP contribution in [0.25, 0.3) is 0 Å². The zero-order valence-electron chi connectivity index (χ0n) is 4.92. The summed E-state index contributed by atoms with van der Waals surface area (Å²) < 4.78 is 0. The van der Waals surface area contributed by atoms with Gasteiger partial charge in [0.05, 0.1) is 5.75 Å². The van der Waals surface area contributed by atoms with Crippen molar-refractivity contribution in [1.82, 2.24) is 0 Å². The number of carbonyl (C=O) groups is 2. The van der Waals surface area contributed by atoms with Gasteiger partial charge in [0.2, 0.25) is 5.78 Å². The number of rotatable bonds is 0. The first-order valence-electron chi connectivity index (χ1n) is 2.82. The maximum absolute atomic E-state index is 10.6. The van der Waals surface area contributed by atoms with Crippen LogP contribution < -0.4 is 0 Å². The van der Waals surface area contributed by atoms with E-state index in [0.29, 0.717) is 6.42 Å². The highest BCUT2D eigenvalue weighted by molar-refractivity contribution is 8.02. The van der Waals surface area contributed by atoms with E-state index in [-0.39, 0.29) is 11.6 Å². The van der Waals surface area contributed by atoms with E-state index in [1.54, 1.807) is 0 Å². The van der Waals surface area contributed by atoms with Crippen LogP contribution in [0, 0.1) is 5.75 Å². The summed E-state index contributed by atoms with van der Waals surface area (Å²) in [4.78, 5) is 21.2. The van der Waals surface area contributed by atoms with Gasteiger partial charge in [-0.05, 0) is 12.2 Å². The first kappa shape index (κ1) is 6.81. The van der Waals surface area contributed by atoms with Gasteiger partial charge in [-0.25, -0.2) is 0 Å². The van der Waals surface area contributed by atoms with Gasteiger partial charge in [-0.2, -0.15) is 0 Å². The van der Waals surface area contributed by atoms with E-state index in [1.165, 1.54) is 17.5 Å². The molecule has 1 rings (SSSR count). The van der Waals surface area contributed by atoms with Gasteiger partial charge in [-0.15, -0.1) is 11.8 Å². The highest BCUT2D eigenvalue weighted by Crippen LogP contribution is 2.14. The molecule has 0 N–H and O–H groups in total. The fraction of sp³-hybridized carbons (Fsp3) is 0.500. The number of carbonyl (C=O) groups excluding carboxylic acids is 2. The van der Waals surface area contributed by atoms with Gasteiger partial charge in [0, 0.05) is 6.42 Å². The molecule has 0 bridgehead atoms. The molecule has 0 spiro atoms. The molecule has 0 aromatic carbocycles. The maximum atomic E-state index is 10.6. The molecule has 0 amide bonds. The molecule has 1 saturated heterocycles. The van der Waals surface area contributed by atoms with Crippen LogP contribution in [0.4, 0.5) is 0 Å². The van der Waals surface area contributed by atoms with Gasteiger partial charge in [0.15, 0.2) is 5.78 Å². The van der Waals surface area contributed by atoms with Gasteiger partial charge < -0.3 is 0 Å². The van der Waals surface area contributed by atoms with Gasteiger partial charge in [0.1, 0.15) is 0 Å². The topological polar surface area (TPSA) is 34.1 Å². The van der Waals surface area contributed by atoms with Crippen LogP contribution in [0.15, 0.2) is 0 Å². The molecule has 0 aromatic heterocycles. The van der Waals surface area contributed by atoms with E-state index >= 15 is 0 Å². The van der Waals surface area contributed by atoms with Gasteiger partial charge in [-0.1, -0.05) is 0 Å². The second-order valence-corrected chi connectivity index (χ2v) is 2.86. The summed E-state index contributed by atoms with van der Waals surface area (Å²) in [5, 5.41) is 0. The highest BCUT2D eigenvalue weighted by Gasteiger charge is 2.16. The first-order valence-corrected chi connectivity index (χ1v) is 3.87. The van der Waals surface area contributed by atoms with Crippen LogP contribution in [0.5, 0.6) is 0 Å². The zero-order chi connectivity index (χ0) is 6.69. The fourth-order valence-electron chi connectivity index (χ4n) is 0.640. The number of ketones is 2. The smallest absolute Gasteiger partial charge is 0.212 e. The van der Waals surface area contributed by atoms with E-state index in [9.17, 15) is 9.59 Å². The molecule has 1 aliphatic rings. The Hall–Kier alpha value is -0.310. The van der Waals surface area contributed by atoms with Crippen molar-refractivity contribution < 1.29 is 9.59 Å². The number of thioether (sulfide) groups is 1. The van der Waals surface area contributed by atoms with Crippen molar-refractivity contribution in [3.05, 3.63) is 5.75 Å². The van der Waals surface area contributed by atoms with Gasteiger partial charge >= 0.3 is 0 Å². The lowest BCUT2D eigenvalue weighted by atomic mass is 10.2. The molecule has 3 heteroatoms. The molecule has 1 aliphatic heterocycles. The summed E-state index contributed by atoms with van der Waals surface area (Å²) in [7, 11) is 0. The zero-order valence-corrected chi connectivity index (χ0v) is 5.74. The van der Waals surface area contributed by atoms with Crippen molar-refractivity contribution in [3.63, 3.8) is 0 Å². The lowest BCUT2D eigenvalue weighted by Crippen LogP contribution is -2.09. The minimum Gasteiger partial charge on any atom is -0.291 e. The molecule has 0 unspecified atom stereocenters. The van der Waals surface area contributed by atoms with Crippen molar-refractivity contribution in [2.75, 3.05) is 5.75 Å².